The molecule has 0 radical (unpaired) electrons. The second-order valence-corrected chi connectivity index (χ2v) is 5.38. The maximum Gasteiger partial charge on any atom is 0.132 e. The van der Waals surface area contributed by atoms with Gasteiger partial charge < -0.3 is 4.90 Å². The van der Waals surface area contributed by atoms with Crippen molar-refractivity contribution in [3.8, 4) is 0 Å². The van der Waals surface area contributed by atoms with E-state index >= 15 is 0 Å². The largest absolute Gasteiger partial charge is 0.343 e. The zero-order valence-electron chi connectivity index (χ0n) is 10.4. The quantitative estimate of drug-likeness (QED) is 0.773. The Kier molecular flexibility index (Phi) is 2.39. The van der Waals surface area contributed by atoms with Crippen LogP contribution in [0.2, 0.25) is 5.02 Å². The van der Waals surface area contributed by atoms with Crippen LogP contribution in [0.1, 0.15) is 22.7 Å². The van der Waals surface area contributed by atoms with Gasteiger partial charge >= 0.3 is 0 Å². The SMILES string of the molecule is Clc1cccc(C2c3ccccc3C3=NCCN32)c1. The molecule has 3 heteroatoms. The Labute approximate surface area is 117 Å². The molecule has 2 nitrogen and oxygen atoms in total. The van der Waals surface area contributed by atoms with Gasteiger partial charge in [0.25, 0.3) is 0 Å². The van der Waals surface area contributed by atoms with Crippen molar-refractivity contribution in [2.75, 3.05) is 13.1 Å². The van der Waals surface area contributed by atoms with Crippen LogP contribution in [0.15, 0.2) is 53.5 Å². The monoisotopic (exact) mass is 268 g/mol. The number of halogens is 1. The topological polar surface area (TPSA) is 15.6 Å². The molecule has 0 aliphatic carbocycles. The molecule has 2 heterocycles. The molecule has 0 amide bonds. The highest BCUT2D eigenvalue weighted by atomic mass is 35.5. The number of hydrogen-bond acceptors (Lipinski definition) is 2. The summed E-state index contributed by atoms with van der Waals surface area (Å²) in [5.74, 6) is 1.14. The van der Waals surface area contributed by atoms with Gasteiger partial charge in [-0.15, -0.1) is 0 Å². The highest BCUT2D eigenvalue weighted by Crippen LogP contribution is 2.40. The summed E-state index contributed by atoms with van der Waals surface area (Å²) < 4.78 is 0. The Morgan fingerprint density at radius 3 is 2.89 bits per heavy atom. The molecule has 2 aromatic rings. The Hall–Kier alpha value is -1.80. The van der Waals surface area contributed by atoms with Crippen LogP contribution < -0.4 is 0 Å². The van der Waals surface area contributed by atoms with Gasteiger partial charge in [-0.1, -0.05) is 48.0 Å². The van der Waals surface area contributed by atoms with Crippen LogP contribution >= 0.6 is 11.6 Å². The van der Waals surface area contributed by atoms with Crippen LogP contribution in [0.5, 0.6) is 0 Å². The van der Waals surface area contributed by atoms with Crippen molar-refractivity contribution in [3.05, 3.63) is 70.2 Å². The Balaban J connectivity index is 1.91. The molecule has 94 valence electrons. The van der Waals surface area contributed by atoms with Gasteiger partial charge in [0, 0.05) is 17.1 Å². The molecule has 0 saturated heterocycles. The number of amidine groups is 1. The second-order valence-electron chi connectivity index (χ2n) is 4.94. The molecule has 0 fully saturated rings. The minimum Gasteiger partial charge on any atom is -0.343 e. The van der Waals surface area contributed by atoms with Crippen LogP contribution in [0, 0.1) is 0 Å². The van der Waals surface area contributed by atoms with Gasteiger partial charge in [-0.25, -0.2) is 0 Å². The fraction of sp³-hybridized carbons (Fsp3) is 0.188. The molecule has 1 atom stereocenters. The van der Waals surface area contributed by atoms with Crippen molar-refractivity contribution in [2.45, 2.75) is 6.04 Å². The normalized spacial score (nSPS) is 20.2. The lowest BCUT2D eigenvalue weighted by atomic mass is 9.98. The standard InChI is InChI=1S/C16H13ClN2/c17-12-5-3-4-11(10-12)15-13-6-1-2-7-14(13)16-18-8-9-19(15)16/h1-7,10,15H,8-9H2. The Morgan fingerprint density at radius 1 is 1.11 bits per heavy atom. The molecule has 0 bridgehead atoms. The van der Waals surface area contributed by atoms with E-state index in [0.29, 0.717) is 0 Å². The maximum absolute atomic E-state index is 6.14. The van der Waals surface area contributed by atoms with E-state index in [2.05, 4.69) is 46.3 Å². The lowest BCUT2D eigenvalue weighted by Gasteiger charge is -2.24. The van der Waals surface area contributed by atoms with E-state index in [1.165, 1.54) is 16.7 Å². The van der Waals surface area contributed by atoms with Gasteiger partial charge in [0.15, 0.2) is 0 Å². The van der Waals surface area contributed by atoms with Crippen molar-refractivity contribution in [1.82, 2.24) is 4.90 Å². The van der Waals surface area contributed by atoms with E-state index < -0.39 is 0 Å². The van der Waals surface area contributed by atoms with Crippen LogP contribution in [-0.2, 0) is 0 Å². The number of fused-ring (bicyclic) bond motifs is 3. The van der Waals surface area contributed by atoms with Crippen molar-refractivity contribution >= 4 is 17.4 Å². The molecule has 2 aromatic carbocycles. The summed E-state index contributed by atoms with van der Waals surface area (Å²) in [5, 5.41) is 0.791. The summed E-state index contributed by atoms with van der Waals surface area (Å²) in [4.78, 5) is 7.03. The predicted octanol–water partition coefficient (Wildman–Crippen LogP) is 3.51. The molecular weight excluding hydrogens is 256 g/mol. The van der Waals surface area contributed by atoms with E-state index in [0.717, 1.165) is 23.9 Å². The zero-order valence-corrected chi connectivity index (χ0v) is 11.1. The van der Waals surface area contributed by atoms with Crippen LogP contribution in [-0.4, -0.2) is 23.8 Å². The molecule has 0 aromatic heterocycles. The van der Waals surface area contributed by atoms with E-state index in [9.17, 15) is 0 Å². The van der Waals surface area contributed by atoms with Crippen molar-refractivity contribution < 1.29 is 0 Å². The predicted molar refractivity (Wildman–Crippen MR) is 77.8 cm³/mol. The van der Waals surface area contributed by atoms with Gasteiger partial charge in [0.1, 0.15) is 5.84 Å². The van der Waals surface area contributed by atoms with E-state index in [1.807, 2.05) is 12.1 Å². The summed E-state index contributed by atoms with van der Waals surface area (Å²) in [7, 11) is 0. The summed E-state index contributed by atoms with van der Waals surface area (Å²) >= 11 is 6.14. The fourth-order valence-electron chi connectivity index (χ4n) is 3.09. The van der Waals surface area contributed by atoms with Gasteiger partial charge in [0.2, 0.25) is 0 Å². The number of rotatable bonds is 1. The maximum atomic E-state index is 6.14. The second kappa shape index (κ2) is 4.10. The molecule has 1 unspecified atom stereocenters. The summed E-state index contributed by atoms with van der Waals surface area (Å²) in [5.41, 5.74) is 3.85. The van der Waals surface area contributed by atoms with Crippen LogP contribution in [0.4, 0.5) is 0 Å². The Morgan fingerprint density at radius 2 is 2.00 bits per heavy atom. The zero-order chi connectivity index (χ0) is 12.8. The number of nitrogens with zero attached hydrogens (tertiary/aromatic N) is 2. The lowest BCUT2D eigenvalue weighted by Crippen LogP contribution is -2.26. The minimum absolute atomic E-state index is 0.260. The third-order valence-corrected chi connectivity index (χ3v) is 4.08. The molecule has 2 aliphatic rings. The van der Waals surface area contributed by atoms with E-state index in [-0.39, 0.29) is 6.04 Å². The van der Waals surface area contributed by atoms with Gasteiger partial charge in [-0.2, -0.15) is 0 Å². The molecule has 4 rings (SSSR count). The third-order valence-electron chi connectivity index (χ3n) is 3.85. The first kappa shape index (κ1) is 11.1. The first-order chi connectivity index (χ1) is 9.34. The van der Waals surface area contributed by atoms with Crippen molar-refractivity contribution in [2.24, 2.45) is 4.99 Å². The lowest BCUT2D eigenvalue weighted by molar-refractivity contribution is 0.406. The fourth-order valence-corrected chi connectivity index (χ4v) is 3.29. The van der Waals surface area contributed by atoms with Gasteiger partial charge in [-0.3, -0.25) is 4.99 Å². The van der Waals surface area contributed by atoms with Crippen LogP contribution in [0.25, 0.3) is 0 Å². The average molecular weight is 269 g/mol. The summed E-state index contributed by atoms with van der Waals surface area (Å²) in [6.07, 6.45) is 0. The molecule has 0 spiro atoms. The summed E-state index contributed by atoms with van der Waals surface area (Å²) in [6, 6.07) is 16.9. The summed E-state index contributed by atoms with van der Waals surface area (Å²) in [6.45, 7) is 1.88. The average Bonchev–Trinajstić information content (AvgIpc) is 2.98. The third kappa shape index (κ3) is 1.60. The van der Waals surface area contributed by atoms with Crippen molar-refractivity contribution in [1.29, 1.82) is 0 Å². The number of aliphatic imine (C=N–C) groups is 1. The first-order valence-electron chi connectivity index (χ1n) is 6.50. The van der Waals surface area contributed by atoms with E-state index in [4.69, 9.17) is 11.6 Å². The molecule has 19 heavy (non-hydrogen) atoms. The molecule has 2 aliphatic heterocycles. The number of hydrogen-bond donors (Lipinski definition) is 0. The van der Waals surface area contributed by atoms with Crippen molar-refractivity contribution in [3.63, 3.8) is 0 Å². The molecule has 0 N–H and O–H groups in total. The minimum atomic E-state index is 0.260. The van der Waals surface area contributed by atoms with E-state index in [1.54, 1.807) is 0 Å². The smallest absolute Gasteiger partial charge is 0.132 e. The highest BCUT2D eigenvalue weighted by molar-refractivity contribution is 6.30. The highest BCUT2D eigenvalue weighted by Gasteiger charge is 2.37. The number of benzene rings is 2. The first-order valence-corrected chi connectivity index (χ1v) is 6.88. The molecular formula is C16H13ClN2. The van der Waals surface area contributed by atoms with Gasteiger partial charge in [0.05, 0.1) is 12.6 Å². The van der Waals surface area contributed by atoms with Crippen LogP contribution in [0.3, 0.4) is 0 Å². The molecule has 0 saturated carbocycles. The van der Waals surface area contributed by atoms with Gasteiger partial charge in [-0.05, 0) is 23.3 Å². The Bertz CT molecular complexity index is 678.